The zero-order valence-electron chi connectivity index (χ0n) is 19.2. The summed E-state index contributed by atoms with van der Waals surface area (Å²) in [6.07, 6.45) is 0.130. The number of ether oxygens (including phenoxy) is 2. The van der Waals surface area contributed by atoms with Crippen molar-refractivity contribution in [3.05, 3.63) is 89.2 Å². The summed E-state index contributed by atoms with van der Waals surface area (Å²) in [4.78, 5) is 27.4. The van der Waals surface area contributed by atoms with Crippen LogP contribution in [-0.2, 0) is 29.1 Å². The van der Waals surface area contributed by atoms with Gasteiger partial charge in [0.05, 0.1) is 13.5 Å². The van der Waals surface area contributed by atoms with Crippen molar-refractivity contribution in [3.8, 4) is 11.5 Å². The van der Waals surface area contributed by atoms with Crippen molar-refractivity contribution in [2.75, 3.05) is 12.4 Å². The van der Waals surface area contributed by atoms with E-state index in [9.17, 15) is 14.0 Å². The van der Waals surface area contributed by atoms with Gasteiger partial charge in [0.2, 0.25) is 5.91 Å². The lowest BCUT2D eigenvalue weighted by atomic mass is 10.1. The van der Waals surface area contributed by atoms with E-state index in [4.69, 9.17) is 9.47 Å². The first-order valence-electron chi connectivity index (χ1n) is 11.2. The van der Waals surface area contributed by atoms with E-state index in [2.05, 4.69) is 5.32 Å². The minimum atomic E-state index is -0.602. The molecule has 0 bridgehead atoms. The van der Waals surface area contributed by atoms with Gasteiger partial charge in [0, 0.05) is 24.3 Å². The molecule has 1 unspecified atom stereocenters. The Morgan fingerprint density at radius 1 is 1.12 bits per heavy atom. The van der Waals surface area contributed by atoms with Crippen LogP contribution in [0.15, 0.2) is 66.7 Å². The first-order valence-corrected chi connectivity index (χ1v) is 11.2. The van der Waals surface area contributed by atoms with Gasteiger partial charge in [-0.2, -0.15) is 0 Å². The molecule has 34 heavy (non-hydrogen) atoms. The number of carbonyl (C=O) groups excluding carboxylic acids is 2. The summed E-state index contributed by atoms with van der Waals surface area (Å²) in [5.74, 6) is 0.719. The number of halogens is 1. The molecule has 1 aliphatic heterocycles. The van der Waals surface area contributed by atoms with Crippen LogP contribution in [0.5, 0.6) is 11.5 Å². The molecule has 1 atom stereocenters. The molecule has 7 heteroatoms. The van der Waals surface area contributed by atoms with Crippen LogP contribution in [-0.4, -0.2) is 29.9 Å². The predicted octanol–water partition coefficient (Wildman–Crippen LogP) is 4.72. The highest BCUT2D eigenvalue weighted by Gasteiger charge is 2.30. The number of hydrogen-bond donors (Lipinski definition) is 1. The Morgan fingerprint density at radius 2 is 1.91 bits per heavy atom. The van der Waals surface area contributed by atoms with Gasteiger partial charge in [-0.05, 0) is 60.0 Å². The van der Waals surface area contributed by atoms with Crippen molar-refractivity contribution < 1.29 is 23.5 Å². The molecule has 1 heterocycles. The SMILES string of the molecule is CCC1Oc2ccc(NC(=O)Cc3cccc(OC)c3)cc2CN(Cc2ccc(F)cc2)C1=O. The Bertz CT molecular complexity index is 1180. The summed E-state index contributed by atoms with van der Waals surface area (Å²) in [5, 5.41) is 2.93. The molecular formula is C27H27FN2O4. The molecule has 1 N–H and O–H groups in total. The lowest BCUT2D eigenvalue weighted by Gasteiger charge is -2.23. The molecule has 0 aliphatic carbocycles. The van der Waals surface area contributed by atoms with Crippen molar-refractivity contribution in [1.29, 1.82) is 0 Å². The third kappa shape index (κ3) is 5.54. The standard InChI is InChI=1S/C27H27FN2O4/c1-3-24-27(32)30(16-18-7-9-21(28)10-8-18)17-20-15-22(11-12-25(20)34-24)29-26(31)14-19-5-4-6-23(13-19)33-2/h4-13,15,24H,3,14,16-17H2,1-2H3,(H,29,31). The van der Waals surface area contributed by atoms with E-state index in [1.165, 1.54) is 12.1 Å². The maximum atomic E-state index is 13.3. The van der Waals surface area contributed by atoms with Crippen LogP contribution in [0.4, 0.5) is 10.1 Å². The molecule has 0 saturated carbocycles. The highest BCUT2D eigenvalue weighted by Crippen LogP contribution is 2.30. The van der Waals surface area contributed by atoms with Crippen LogP contribution in [0, 0.1) is 5.82 Å². The summed E-state index contributed by atoms with van der Waals surface area (Å²) in [6.45, 7) is 2.56. The van der Waals surface area contributed by atoms with Crippen LogP contribution in [0.3, 0.4) is 0 Å². The largest absolute Gasteiger partial charge is 0.497 e. The lowest BCUT2D eigenvalue weighted by molar-refractivity contribution is -0.139. The lowest BCUT2D eigenvalue weighted by Crippen LogP contribution is -2.38. The van der Waals surface area contributed by atoms with Crippen molar-refractivity contribution in [3.63, 3.8) is 0 Å². The molecule has 0 radical (unpaired) electrons. The zero-order chi connectivity index (χ0) is 24.1. The summed E-state index contributed by atoms with van der Waals surface area (Å²) >= 11 is 0. The molecule has 176 valence electrons. The van der Waals surface area contributed by atoms with Crippen molar-refractivity contribution >= 4 is 17.5 Å². The van der Waals surface area contributed by atoms with Gasteiger partial charge in [0.25, 0.3) is 5.91 Å². The average molecular weight is 463 g/mol. The van der Waals surface area contributed by atoms with E-state index >= 15 is 0 Å². The van der Waals surface area contributed by atoms with Crippen molar-refractivity contribution in [2.45, 2.75) is 39.0 Å². The van der Waals surface area contributed by atoms with Gasteiger partial charge in [0.15, 0.2) is 6.10 Å². The van der Waals surface area contributed by atoms with Gasteiger partial charge < -0.3 is 19.7 Å². The second-order valence-electron chi connectivity index (χ2n) is 8.23. The summed E-state index contributed by atoms with van der Waals surface area (Å²) in [6, 6.07) is 18.9. The van der Waals surface area contributed by atoms with E-state index < -0.39 is 6.10 Å². The Hall–Kier alpha value is -3.87. The van der Waals surface area contributed by atoms with Crippen LogP contribution in [0.2, 0.25) is 0 Å². The third-order valence-corrected chi connectivity index (χ3v) is 5.72. The fourth-order valence-corrected chi connectivity index (χ4v) is 3.96. The number of carbonyl (C=O) groups is 2. The fourth-order valence-electron chi connectivity index (χ4n) is 3.96. The van der Waals surface area contributed by atoms with Crippen molar-refractivity contribution in [2.24, 2.45) is 0 Å². The Morgan fingerprint density at radius 3 is 2.65 bits per heavy atom. The second kappa shape index (κ2) is 10.4. The summed E-state index contributed by atoms with van der Waals surface area (Å²) in [5.41, 5.74) is 3.09. The van der Waals surface area contributed by atoms with Gasteiger partial charge >= 0.3 is 0 Å². The van der Waals surface area contributed by atoms with E-state index in [-0.39, 0.29) is 24.1 Å². The number of hydrogen-bond acceptors (Lipinski definition) is 4. The number of rotatable bonds is 7. The van der Waals surface area contributed by atoms with Crippen LogP contribution in [0.1, 0.15) is 30.0 Å². The van der Waals surface area contributed by atoms with Gasteiger partial charge in [-0.1, -0.05) is 31.2 Å². The molecule has 0 fully saturated rings. The topological polar surface area (TPSA) is 67.9 Å². The monoisotopic (exact) mass is 462 g/mol. The normalized spacial score (nSPS) is 15.2. The van der Waals surface area contributed by atoms with Crippen LogP contribution >= 0.6 is 0 Å². The van der Waals surface area contributed by atoms with Crippen LogP contribution in [0.25, 0.3) is 0 Å². The van der Waals surface area contributed by atoms with E-state index in [0.717, 1.165) is 16.7 Å². The van der Waals surface area contributed by atoms with Gasteiger partial charge in [-0.3, -0.25) is 9.59 Å². The predicted molar refractivity (Wildman–Crippen MR) is 127 cm³/mol. The number of anilines is 1. The van der Waals surface area contributed by atoms with Crippen molar-refractivity contribution in [1.82, 2.24) is 4.90 Å². The molecule has 0 spiro atoms. The number of fused-ring (bicyclic) bond motifs is 1. The second-order valence-corrected chi connectivity index (χ2v) is 8.23. The smallest absolute Gasteiger partial charge is 0.264 e. The molecule has 3 aromatic carbocycles. The Labute approximate surface area is 198 Å². The summed E-state index contributed by atoms with van der Waals surface area (Å²) in [7, 11) is 1.59. The highest BCUT2D eigenvalue weighted by atomic mass is 19.1. The fraction of sp³-hybridized carbons (Fsp3) is 0.259. The van der Waals surface area contributed by atoms with Gasteiger partial charge in [-0.25, -0.2) is 4.39 Å². The molecule has 3 aromatic rings. The number of amides is 2. The van der Waals surface area contributed by atoms with Gasteiger partial charge in [-0.15, -0.1) is 0 Å². The average Bonchev–Trinajstić information content (AvgIpc) is 2.96. The molecular weight excluding hydrogens is 435 g/mol. The van der Waals surface area contributed by atoms with E-state index in [1.54, 1.807) is 36.3 Å². The minimum absolute atomic E-state index is 0.119. The number of nitrogens with zero attached hydrogens (tertiary/aromatic N) is 1. The Balaban J connectivity index is 1.51. The van der Waals surface area contributed by atoms with Crippen LogP contribution < -0.4 is 14.8 Å². The maximum absolute atomic E-state index is 13.3. The number of nitrogens with one attached hydrogen (secondary N) is 1. The number of benzene rings is 3. The zero-order valence-corrected chi connectivity index (χ0v) is 19.2. The van der Waals surface area contributed by atoms with E-state index in [1.807, 2.05) is 37.3 Å². The maximum Gasteiger partial charge on any atom is 0.264 e. The first kappa shape index (κ1) is 23.3. The highest BCUT2D eigenvalue weighted by molar-refractivity contribution is 5.92. The molecule has 0 saturated heterocycles. The molecule has 4 rings (SSSR count). The number of methoxy groups -OCH3 is 1. The minimum Gasteiger partial charge on any atom is -0.497 e. The first-order chi connectivity index (χ1) is 16.4. The molecule has 2 amide bonds. The Kier molecular flexibility index (Phi) is 7.11. The van der Waals surface area contributed by atoms with Gasteiger partial charge in [0.1, 0.15) is 17.3 Å². The quantitative estimate of drug-likeness (QED) is 0.552. The molecule has 0 aromatic heterocycles. The van der Waals surface area contributed by atoms with E-state index in [0.29, 0.717) is 36.7 Å². The third-order valence-electron chi connectivity index (χ3n) is 5.72. The molecule has 1 aliphatic rings. The molecule has 6 nitrogen and oxygen atoms in total. The summed E-state index contributed by atoms with van der Waals surface area (Å²) < 4.78 is 24.5.